The highest BCUT2D eigenvalue weighted by Crippen LogP contribution is 2.13. The molecule has 1 amide bonds. The number of carboxylic acid groups (broad SMARTS) is 1. The zero-order chi connectivity index (χ0) is 13.7. The minimum Gasteiger partial charge on any atom is -0.479 e. The Morgan fingerprint density at radius 3 is 2.67 bits per heavy atom. The third-order valence-electron chi connectivity index (χ3n) is 2.74. The average molecular weight is 254 g/mol. The summed E-state index contributed by atoms with van der Waals surface area (Å²) in [5.41, 5.74) is 5.89. The smallest absolute Gasteiger partial charge is 0.331 e. The van der Waals surface area contributed by atoms with Crippen LogP contribution in [0.5, 0.6) is 0 Å². The number of carboxylic acids is 1. The second-order valence-electron chi connectivity index (χ2n) is 4.07. The predicted molar refractivity (Wildman–Crippen MR) is 64.6 cm³/mol. The normalized spacial score (nSPS) is 13.9. The van der Waals surface area contributed by atoms with E-state index in [1.807, 2.05) is 6.92 Å². The van der Waals surface area contributed by atoms with Gasteiger partial charge in [0.1, 0.15) is 0 Å². The third-order valence-corrected chi connectivity index (χ3v) is 2.74. The molecule has 18 heavy (non-hydrogen) atoms. The maximum atomic E-state index is 11.8. The Kier molecular flexibility index (Phi) is 4.85. The molecule has 0 spiro atoms. The Bertz CT molecular complexity index is 426. The molecule has 1 rings (SSSR count). The number of carbonyl (C=O) groups is 2. The Hall–Kier alpha value is -1.89. The second kappa shape index (κ2) is 6.15. The number of rotatable bonds is 6. The SMILES string of the molecule is CCC(CN)C(=O)NC(C(=O)O)c1cnn(C)c1. The Morgan fingerprint density at radius 1 is 1.61 bits per heavy atom. The van der Waals surface area contributed by atoms with Gasteiger partial charge in [0.15, 0.2) is 6.04 Å². The number of amides is 1. The number of aryl methyl sites for hydroxylation is 1. The molecule has 0 bridgehead atoms. The van der Waals surface area contributed by atoms with E-state index in [4.69, 9.17) is 10.8 Å². The van der Waals surface area contributed by atoms with Gasteiger partial charge in [-0.15, -0.1) is 0 Å². The van der Waals surface area contributed by atoms with E-state index in [1.54, 1.807) is 13.2 Å². The van der Waals surface area contributed by atoms with Gasteiger partial charge >= 0.3 is 5.97 Å². The summed E-state index contributed by atoms with van der Waals surface area (Å²) >= 11 is 0. The second-order valence-corrected chi connectivity index (χ2v) is 4.07. The average Bonchev–Trinajstić information content (AvgIpc) is 2.73. The highest BCUT2D eigenvalue weighted by molar-refractivity contribution is 5.85. The molecule has 1 aromatic heterocycles. The van der Waals surface area contributed by atoms with Crippen molar-refractivity contribution in [3.05, 3.63) is 18.0 Å². The molecule has 0 fully saturated rings. The van der Waals surface area contributed by atoms with Gasteiger partial charge < -0.3 is 16.2 Å². The lowest BCUT2D eigenvalue weighted by molar-refractivity contribution is -0.142. The number of hydrogen-bond donors (Lipinski definition) is 3. The Balaban J connectivity index is 2.82. The Labute approximate surface area is 105 Å². The third kappa shape index (κ3) is 3.30. The van der Waals surface area contributed by atoms with Gasteiger partial charge in [-0.1, -0.05) is 6.92 Å². The van der Waals surface area contributed by atoms with Gasteiger partial charge in [0.25, 0.3) is 0 Å². The van der Waals surface area contributed by atoms with Crippen LogP contribution in [0.25, 0.3) is 0 Å². The number of nitrogens with two attached hydrogens (primary N) is 1. The van der Waals surface area contributed by atoms with Crippen molar-refractivity contribution < 1.29 is 14.7 Å². The first kappa shape index (κ1) is 14.2. The van der Waals surface area contributed by atoms with Crippen LogP contribution in [0.2, 0.25) is 0 Å². The maximum absolute atomic E-state index is 11.8. The summed E-state index contributed by atoms with van der Waals surface area (Å²) in [5, 5.41) is 15.5. The molecule has 0 radical (unpaired) electrons. The number of hydrogen-bond acceptors (Lipinski definition) is 4. The van der Waals surface area contributed by atoms with Crippen molar-refractivity contribution in [1.82, 2.24) is 15.1 Å². The topological polar surface area (TPSA) is 110 Å². The van der Waals surface area contributed by atoms with Crippen LogP contribution in [0.15, 0.2) is 12.4 Å². The molecule has 7 heteroatoms. The minimum absolute atomic E-state index is 0.196. The summed E-state index contributed by atoms with van der Waals surface area (Å²) < 4.78 is 1.48. The van der Waals surface area contributed by atoms with E-state index in [-0.39, 0.29) is 18.4 Å². The lowest BCUT2D eigenvalue weighted by Crippen LogP contribution is -2.39. The van der Waals surface area contributed by atoms with Gasteiger partial charge in [-0.05, 0) is 6.42 Å². The van der Waals surface area contributed by atoms with Gasteiger partial charge in [-0.3, -0.25) is 9.48 Å². The lowest BCUT2D eigenvalue weighted by atomic mass is 10.0. The summed E-state index contributed by atoms with van der Waals surface area (Å²) in [4.78, 5) is 23.0. The van der Waals surface area contributed by atoms with E-state index in [0.29, 0.717) is 12.0 Å². The number of carbonyl (C=O) groups excluding carboxylic acids is 1. The fourth-order valence-electron chi connectivity index (χ4n) is 1.60. The zero-order valence-corrected chi connectivity index (χ0v) is 10.5. The van der Waals surface area contributed by atoms with E-state index in [0.717, 1.165) is 0 Å². The van der Waals surface area contributed by atoms with E-state index in [9.17, 15) is 9.59 Å². The summed E-state index contributed by atoms with van der Waals surface area (Å²) in [6, 6.07) is -1.09. The molecule has 2 atom stereocenters. The molecule has 0 aromatic carbocycles. The molecule has 4 N–H and O–H groups in total. The summed E-state index contributed by atoms with van der Waals surface area (Å²) in [5.74, 6) is -1.84. The van der Waals surface area contributed by atoms with Crippen molar-refractivity contribution in [2.75, 3.05) is 6.54 Å². The molecular weight excluding hydrogens is 236 g/mol. The van der Waals surface area contributed by atoms with Crippen LogP contribution in [-0.2, 0) is 16.6 Å². The van der Waals surface area contributed by atoms with Crippen LogP contribution in [0, 0.1) is 5.92 Å². The summed E-state index contributed by atoms with van der Waals surface area (Å²) in [7, 11) is 1.68. The molecule has 0 aliphatic carbocycles. The maximum Gasteiger partial charge on any atom is 0.331 e. The number of nitrogens with zero attached hydrogens (tertiary/aromatic N) is 2. The van der Waals surface area contributed by atoms with Crippen LogP contribution in [0.1, 0.15) is 24.9 Å². The van der Waals surface area contributed by atoms with Gasteiger partial charge in [0.2, 0.25) is 5.91 Å². The molecule has 0 aliphatic heterocycles. The van der Waals surface area contributed by atoms with Crippen molar-refractivity contribution >= 4 is 11.9 Å². The quantitative estimate of drug-likeness (QED) is 0.642. The first-order chi connectivity index (χ1) is 8.49. The van der Waals surface area contributed by atoms with E-state index >= 15 is 0 Å². The molecule has 2 unspecified atom stereocenters. The number of aromatic nitrogens is 2. The Morgan fingerprint density at radius 2 is 2.28 bits per heavy atom. The molecule has 0 aliphatic rings. The molecule has 0 saturated carbocycles. The predicted octanol–water partition coefficient (Wildman–Crippen LogP) is -0.353. The fourth-order valence-corrected chi connectivity index (χ4v) is 1.60. The first-order valence-electron chi connectivity index (χ1n) is 5.71. The van der Waals surface area contributed by atoms with Crippen LogP contribution < -0.4 is 11.1 Å². The summed E-state index contributed by atoms with van der Waals surface area (Å²) in [6.07, 6.45) is 3.55. The van der Waals surface area contributed by atoms with Crippen LogP contribution in [0.3, 0.4) is 0 Å². The fraction of sp³-hybridized carbons (Fsp3) is 0.545. The molecule has 1 heterocycles. The first-order valence-corrected chi connectivity index (χ1v) is 5.71. The van der Waals surface area contributed by atoms with Crippen molar-refractivity contribution in [3.63, 3.8) is 0 Å². The van der Waals surface area contributed by atoms with Gasteiger partial charge in [-0.25, -0.2) is 4.79 Å². The highest BCUT2D eigenvalue weighted by Gasteiger charge is 2.26. The van der Waals surface area contributed by atoms with E-state index in [2.05, 4.69) is 10.4 Å². The molecular formula is C11H18N4O3. The van der Waals surface area contributed by atoms with Crippen LogP contribution in [0.4, 0.5) is 0 Å². The zero-order valence-electron chi connectivity index (χ0n) is 10.5. The van der Waals surface area contributed by atoms with Gasteiger partial charge in [0.05, 0.1) is 6.20 Å². The largest absolute Gasteiger partial charge is 0.479 e. The van der Waals surface area contributed by atoms with Crippen molar-refractivity contribution in [3.8, 4) is 0 Å². The van der Waals surface area contributed by atoms with Crippen molar-refractivity contribution in [2.45, 2.75) is 19.4 Å². The van der Waals surface area contributed by atoms with Gasteiger partial charge in [0, 0.05) is 31.3 Å². The van der Waals surface area contributed by atoms with E-state index < -0.39 is 12.0 Å². The molecule has 100 valence electrons. The van der Waals surface area contributed by atoms with Crippen molar-refractivity contribution in [2.24, 2.45) is 18.7 Å². The number of aliphatic carboxylic acids is 1. The van der Waals surface area contributed by atoms with Crippen LogP contribution in [-0.4, -0.2) is 33.3 Å². The molecule has 1 aromatic rings. The van der Waals surface area contributed by atoms with Gasteiger partial charge in [-0.2, -0.15) is 5.10 Å². The molecule has 0 saturated heterocycles. The van der Waals surface area contributed by atoms with Crippen LogP contribution >= 0.6 is 0 Å². The summed E-state index contributed by atoms with van der Waals surface area (Å²) in [6.45, 7) is 2.03. The monoisotopic (exact) mass is 254 g/mol. The number of nitrogens with one attached hydrogen (secondary N) is 1. The minimum atomic E-state index is -1.12. The highest BCUT2D eigenvalue weighted by atomic mass is 16.4. The standard InChI is InChI=1S/C11H18N4O3/c1-3-7(4-12)10(16)14-9(11(17)18)8-5-13-15(2)6-8/h5-7,9H,3-4,12H2,1-2H3,(H,14,16)(H,17,18). The van der Waals surface area contributed by atoms with E-state index in [1.165, 1.54) is 10.9 Å². The lowest BCUT2D eigenvalue weighted by Gasteiger charge is -2.17. The molecule has 7 nitrogen and oxygen atoms in total. The van der Waals surface area contributed by atoms with Crippen molar-refractivity contribution in [1.29, 1.82) is 0 Å².